The average molecular weight is 406 g/mol. The van der Waals surface area contributed by atoms with Crippen molar-refractivity contribution < 1.29 is 4.92 Å². The van der Waals surface area contributed by atoms with Crippen LogP contribution in [-0.4, -0.2) is 37.6 Å². The van der Waals surface area contributed by atoms with E-state index in [1.165, 1.54) is 36.0 Å². The zero-order valence-corrected chi connectivity index (χ0v) is 16.6. The van der Waals surface area contributed by atoms with Crippen LogP contribution >= 0.6 is 0 Å². The normalized spacial score (nSPS) is 21.1. The molecule has 2 fully saturated rings. The van der Waals surface area contributed by atoms with Crippen molar-refractivity contribution in [2.45, 2.75) is 19.3 Å². The summed E-state index contributed by atoms with van der Waals surface area (Å²) in [6, 6.07) is 7.70. The van der Waals surface area contributed by atoms with Crippen LogP contribution in [-0.2, 0) is 7.05 Å². The van der Waals surface area contributed by atoms with E-state index < -0.39 is 4.92 Å². The van der Waals surface area contributed by atoms with Crippen LogP contribution in [0.5, 0.6) is 0 Å². The molecule has 2 unspecified atom stereocenters. The molecule has 1 aliphatic carbocycles. The van der Waals surface area contributed by atoms with Crippen LogP contribution in [0.3, 0.4) is 0 Å². The maximum atomic E-state index is 12.9. The third-order valence-electron chi connectivity index (χ3n) is 6.32. The number of fused-ring (bicyclic) bond motifs is 2. The summed E-state index contributed by atoms with van der Waals surface area (Å²) in [5, 5.41) is 13.8. The number of nitrogens with one attached hydrogen (secondary N) is 1. The Kier molecular flexibility index (Phi) is 4.47. The predicted octanol–water partition coefficient (Wildman–Crippen LogP) is 2.96. The van der Waals surface area contributed by atoms with Crippen molar-refractivity contribution in [2.24, 2.45) is 18.9 Å². The summed E-state index contributed by atoms with van der Waals surface area (Å²) in [6.45, 7) is 2.01. The summed E-state index contributed by atoms with van der Waals surface area (Å²) >= 11 is 0. The number of hydrogen-bond acceptors (Lipinski definition) is 7. The van der Waals surface area contributed by atoms with Crippen molar-refractivity contribution in [3.63, 3.8) is 0 Å². The van der Waals surface area contributed by atoms with E-state index in [4.69, 9.17) is 0 Å². The van der Waals surface area contributed by atoms with Crippen LogP contribution < -0.4 is 11.0 Å². The summed E-state index contributed by atoms with van der Waals surface area (Å²) in [5.41, 5.74) is 4.70. The lowest BCUT2D eigenvalue weighted by Gasteiger charge is -2.18. The van der Waals surface area contributed by atoms with Crippen LogP contribution in [0.1, 0.15) is 19.3 Å². The highest BCUT2D eigenvalue weighted by atomic mass is 16.6. The van der Waals surface area contributed by atoms with Gasteiger partial charge in [0.05, 0.1) is 4.92 Å². The Hall–Kier alpha value is -3.33. The van der Waals surface area contributed by atoms with Crippen molar-refractivity contribution >= 4 is 22.7 Å². The van der Waals surface area contributed by atoms with Gasteiger partial charge in [-0.3, -0.25) is 24.9 Å². The van der Waals surface area contributed by atoms with Gasteiger partial charge in [0.25, 0.3) is 11.2 Å². The molecular weight excluding hydrogens is 384 g/mol. The molecule has 1 saturated carbocycles. The summed E-state index contributed by atoms with van der Waals surface area (Å²) in [5.74, 6) is 2.00. The molecular formula is C21H22N6O3. The molecule has 0 bridgehead atoms. The van der Waals surface area contributed by atoms with Crippen LogP contribution in [0.25, 0.3) is 22.2 Å². The Morgan fingerprint density at radius 3 is 2.53 bits per heavy atom. The molecule has 2 aromatic heterocycles. The third kappa shape index (κ3) is 3.21. The SMILES string of the molecule is Cn1c(=O)c(-c2ccc([N+](=O)[O-])cc2)cc2cnc(NN3CC4CCCC4C3)nc21. The van der Waals surface area contributed by atoms with Gasteiger partial charge in [0.1, 0.15) is 5.65 Å². The number of aryl methyl sites for hydroxylation is 1. The van der Waals surface area contributed by atoms with Gasteiger partial charge in [0.15, 0.2) is 0 Å². The van der Waals surface area contributed by atoms with Crippen LogP contribution in [0, 0.1) is 22.0 Å². The molecule has 9 nitrogen and oxygen atoms in total. The molecule has 2 atom stereocenters. The maximum Gasteiger partial charge on any atom is 0.269 e. The van der Waals surface area contributed by atoms with Crippen molar-refractivity contribution in [3.05, 3.63) is 57.0 Å². The van der Waals surface area contributed by atoms with E-state index in [-0.39, 0.29) is 11.2 Å². The van der Waals surface area contributed by atoms with Gasteiger partial charge in [-0.15, -0.1) is 0 Å². The van der Waals surface area contributed by atoms with Gasteiger partial charge < -0.3 is 0 Å². The number of hydrazine groups is 1. The number of pyridine rings is 1. The first kappa shape index (κ1) is 18.7. The van der Waals surface area contributed by atoms with Crippen LogP contribution in [0.15, 0.2) is 41.3 Å². The van der Waals surface area contributed by atoms with Gasteiger partial charge >= 0.3 is 0 Å². The predicted molar refractivity (Wildman–Crippen MR) is 113 cm³/mol. The molecule has 3 heterocycles. The molecule has 0 spiro atoms. The van der Waals surface area contributed by atoms with E-state index in [1.807, 2.05) is 0 Å². The van der Waals surface area contributed by atoms with Gasteiger partial charge in [-0.25, -0.2) is 9.99 Å². The lowest BCUT2D eigenvalue weighted by atomic mass is 10.0. The summed E-state index contributed by atoms with van der Waals surface area (Å²) in [7, 11) is 1.68. The molecule has 1 saturated heterocycles. The van der Waals surface area contributed by atoms with Crippen molar-refractivity contribution in [1.29, 1.82) is 0 Å². The second-order valence-corrected chi connectivity index (χ2v) is 8.17. The quantitative estimate of drug-likeness (QED) is 0.524. The van der Waals surface area contributed by atoms with Gasteiger partial charge in [0.2, 0.25) is 5.95 Å². The molecule has 154 valence electrons. The fourth-order valence-corrected chi connectivity index (χ4v) is 4.74. The summed E-state index contributed by atoms with van der Waals surface area (Å²) in [4.78, 5) is 32.4. The van der Waals surface area contributed by atoms with E-state index in [1.54, 1.807) is 31.4 Å². The molecule has 2 aliphatic rings. The van der Waals surface area contributed by atoms with Crippen molar-refractivity contribution in [2.75, 3.05) is 18.5 Å². The molecule has 0 amide bonds. The topological polar surface area (TPSA) is 106 Å². The Labute approximate surface area is 172 Å². The monoisotopic (exact) mass is 406 g/mol. The number of nitro benzene ring substituents is 1. The minimum atomic E-state index is -0.460. The van der Waals surface area contributed by atoms with Crippen LogP contribution in [0.2, 0.25) is 0 Å². The first-order chi connectivity index (χ1) is 14.5. The first-order valence-electron chi connectivity index (χ1n) is 10.1. The van der Waals surface area contributed by atoms with E-state index in [0.717, 1.165) is 30.3 Å². The van der Waals surface area contributed by atoms with Crippen molar-refractivity contribution in [1.82, 2.24) is 19.5 Å². The van der Waals surface area contributed by atoms with E-state index in [2.05, 4.69) is 20.4 Å². The Morgan fingerprint density at radius 1 is 1.17 bits per heavy atom. The van der Waals surface area contributed by atoms with E-state index in [0.29, 0.717) is 22.7 Å². The number of rotatable bonds is 4. The number of nitro groups is 1. The zero-order chi connectivity index (χ0) is 20.8. The molecule has 1 aliphatic heterocycles. The average Bonchev–Trinajstić information content (AvgIpc) is 3.33. The summed E-state index contributed by atoms with van der Waals surface area (Å²) < 4.78 is 1.50. The molecule has 0 radical (unpaired) electrons. The Bertz CT molecular complexity index is 1180. The van der Waals surface area contributed by atoms with Gasteiger partial charge in [-0.1, -0.05) is 6.42 Å². The standard InChI is InChI=1S/C21H22N6O3/c1-25-19-16(9-18(20(25)28)13-5-7-17(8-6-13)27(29)30)10-22-21(23-19)24-26-11-14-3-2-4-15(14)12-26/h5-10,14-15H,2-4,11-12H2,1H3,(H,22,23,24). The minimum absolute atomic E-state index is 0.0125. The number of nitrogens with zero attached hydrogens (tertiary/aromatic N) is 5. The number of non-ortho nitro benzene ring substituents is 1. The lowest BCUT2D eigenvalue weighted by molar-refractivity contribution is -0.384. The molecule has 1 N–H and O–H groups in total. The number of hydrogen-bond donors (Lipinski definition) is 1. The van der Waals surface area contributed by atoms with Crippen molar-refractivity contribution in [3.8, 4) is 11.1 Å². The fourth-order valence-electron chi connectivity index (χ4n) is 4.74. The molecule has 30 heavy (non-hydrogen) atoms. The molecule has 5 rings (SSSR count). The van der Waals surface area contributed by atoms with E-state index in [9.17, 15) is 14.9 Å². The van der Waals surface area contributed by atoms with Gasteiger partial charge in [-0.2, -0.15) is 4.98 Å². The second kappa shape index (κ2) is 7.17. The first-order valence-corrected chi connectivity index (χ1v) is 10.1. The highest BCUT2D eigenvalue weighted by Crippen LogP contribution is 2.37. The van der Waals surface area contributed by atoms with Gasteiger partial charge in [0, 0.05) is 49.4 Å². The number of anilines is 1. The van der Waals surface area contributed by atoms with Crippen LogP contribution in [0.4, 0.5) is 11.6 Å². The fraction of sp³-hybridized carbons (Fsp3) is 0.381. The minimum Gasteiger partial charge on any atom is -0.295 e. The lowest BCUT2D eigenvalue weighted by Crippen LogP contribution is -2.29. The highest BCUT2D eigenvalue weighted by molar-refractivity contribution is 5.81. The second-order valence-electron chi connectivity index (χ2n) is 8.17. The van der Waals surface area contributed by atoms with Gasteiger partial charge in [-0.05, 0) is 48.4 Å². The Morgan fingerprint density at radius 2 is 1.87 bits per heavy atom. The highest BCUT2D eigenvalue weighted by Gasteiger charge is 2.36. The maximum absolute atomic E-state index is 12.9. The zero-order valence-electron chi connectivity index (χ0n) is 16.6. The third-order valence-corrected chi connectivity index (χ3v) is 6.32. The summed E-state index contributed by atoms with van der Waals surface area (Å²) in [6.07, 6.45) is 5.62. The van der Waals surface area contributed by atoms with E-state index >= 15 is 0 Å². The number of benzene rings is 1. The number of aromatic nitrogens is 3. The smallest absolute Gasteiger partial charge is 0.269 e. The Balaban J connectivity index is 1.45. The molecule has 3 aromatic rings. The molecule has 1 aromatic carbocycles. The molecule has 9 heteroatoms. The largest absolute Gasteiger partial charge is 0.295 e.